The number of rotatable bonds is 3. The van der Waals surface area contributed by atoms with Crippen molar-refractivity contribution < 1.29 is 9.53 Å². The molecule has 0 bridgehead atoms. The second-order valence-corrected chi connectivity index (χ2v) is 9.77. The first kappa shape index (κ1) is 21.6. The highest BCUT2D eigenvalue weighted by Crippen LogP contribution is 2.29. The molecule has 3 heterocycles. The molecular formula is C24H33N5O2. The molecule has 2 aromatic rings. The van der Waals surface area contributed by atoms with Crippen molar-refractivity contribution in [1.82, 2.24) is 19.8 Å². The number of hydrogen-bond acceptors (Lipinski definition) is 6. The quantitative estimate of drug-likeness (QED) is 0.781. The van der Waals surface area contributed by atoms with Gasteiger partial charge in [0.1, 0.15) is 5.60 Å². The summed E-state index contributed by atoms with van der Waals surface area (Å²) in [7, 11) is 0. The predicted octanol–water partition coefficient (Wildman–Crippen LogP) is 4.55. The molecule has 1 aromatic heterocycles. The number of carbonyl (C=O) groups is 1. The third kappa shape index (κ3) is 5.34. The van der Waals surface area contributed by atoms with E-state index in [4.69, 9.17) is 9.72 Å². The van der Waals surface area contributed by atoms with Crippen LogP contribution in [0.1, 0.15) is 56.0 Å². The van der Waals surface area contributed by atoms with Crippen molar-refractivity contribution in [2.24, 2.45) is 0 Å². The molecular weight excluding hydrogens is 390 g/mol. The van der Waals surface area contributed by atoms with Crippen LogP contribution in [0, 0.1) is 13.8 Å². The normalized spacial score (nSPS) is 17.5. The second-order valence-electron chi connectivity index (χ2n) is 9.77. The van der Waals surface area contributed by atoms with Crippen molar-refractivity contribution >= 4 is 17.7 Å². The van der Waals surface area contributed by atoms with Crippen LogP contribution in [0.5, 0.6) is 0 Å². The molecule has 1 aromatic carbocycles. The number of piperidine rings is 1. The van der Waals surface area contributed by atoms with Crippen molar-refractivity contribution in [3.63, 3.8) is 0 Å². The van der Waals surface area contributed by atoms with E-state index in [1.54, 1.807) is 0 Å². The highest BCUT2D eigenvalue weighted by Gasteiger charge is 2.32. The van der Waals surface area contributed by atoms with Gasteiger partial charge in [-0.3, -0.25) is 4.90 Å². The zero-order valence-corrected chi connectivity index (χ0v) is 19.2. The molecule has 0 saturated carbocycles. The lowest BCUT2D eigenvalue weighted by atomic mass is 10.0. The zero-order valence-electron chi connectivity index (χ0n) is 19.2. The average Bonchev–Trinajstić information content (AvgIpc) is 3.09. The van der Waals surface area contributed by atoms with E-state index in [0.29, 0.717) is 12.0 Å². The Balaban J connectivity index is 1.34. The van der Waals surface area contributed by atoms with E-state index in [1.165, 1.54) is 16.7 Å². The van der Waals surface area contributed by atoms with Crippen LogP contribution in [0.4, 0.5) is 16.4 Å². The largest absolute Gasteiger partial charge is 0.444 e. The van der Waals surface area contributed by atoms with Crippen molar-refractivity contribution in [2.45, 2.75) is 72.2 Å². The van der Waals surface area contributed by atoms with Gasteiger partial charge in [-0.2, -0.15) is 0 Å². The SMILES string of the molecule is Cc1cc(C)cc(Nc2ncc3c(n2)CN(C2CCN(C(=O)OC(C)(C)C)CC2)C3)c1. The number of anilines is 2. The summed E-state index contributed by atoms with van der Waals surface area (Å²) in [6.45, 7) is 13.1. The number of aromatic nitrogens is 2. The van der Waals surface area contributed by atoms with Gasteiger partial charge in [-0.25, -0.2) is 14.8 Å². The van der Waals surface area contributed by atoms with Crippen LogP contribution in [-0.2, 0) is 17.8 Å². The minimum Gasteiger partial charge on any atom is -0.444 e. The molecule has 0 atom stereocenters. The molecule has 7 nitrogen and oxygen atoms in total. The first-order chi connectivity index (χ1) is 14.7. The molecule has 1 saturated heterocycles. The van der Waals surface area contributed by atoms with Crippen LogP contribution < -0.4 is 5.32 Å². The number of nitrogens with zero attached hydrogens (tertiary/aromatic N) is 4. The topological polar surface area (TPSA) is 70.6 Å². The molecule has 2 aliphatic rings. The van der Waals surface area contributed by atoms with E-state index in [0.717, 1.165) is 50.4 Å². The van der Waals surface area contributed by atoms with Crippen LogP contribution in [0.25, 0.3) is 0 Å². The van der Waals surface area contributed by atoms with Gasteiger partial charge in [-0.15, -0.1) is 0 Å². The molecule has 166 valence electrons. The van der Waals surface area contributed by atoms with E-state index in [1.807, 2.05) is 31.9 Å². The van der Waals surface area contributed by atoms with Crippen molar-refractivity contribution in [2.75, 3.05) is 18.4 Å². The Labute approximate surface area is 184 Å². The maximum absolute atomic E-state index is 12.3. The van der Waals surface area contributed by atoms with Crippen LogP contribution in [0.3, 0.4) is 0 Å². The first-order valence-electron chi connectivity index (χ1n) is 11.1. The van der Waals surface area contributed by atoms with Gasteiger partial charge in [-0.05, 0) is 70.7 Å². The van der Waals surface area contributed by atoms with Gasteiger partial charge in [0.05, 0.1) is 5.69 Å². The smallest absolute Gasteiger partial charge is 0.410 e. The Morgan fingerprint density at radius 1 is 1.10 bits per heavy atom. The van der Waals surface area contributed by atoms with E-state index in [9.17, 15) is 4.79 Å². The van der Waals surface area contributed by atoms with Gasteiger partial charge in [0.2, 0.25) is 5.95 Å². The minimum atomic E-state index is -0.452. The number of ether oxygens (including phenoxy) is 1. The average molecular weight is 424 g/mol. The van der Waals surface area contributed by atoms with Gasteiger partial charge < -0.3 is 15.0 Å². The van der Waals surface area contributed by atoms with E-state index in [-0.39, 0.29) is 6.09 Å². The standard InChI is InChI=1S/C24H33N5O2/c1-16-10-17(2)12-19(11-16)26-22-25-13-18-14-29(15-21(18)27-22)20-6-8-28(9-7-20)23(30)31-24(3,4)5/h10-13,20H,6-9,14-15H2,1-5H3,(H,25,26,27). The summed E-state index contributed by atoms with van der Waals surface area (Å²) in [6, 6.07) is 6.81. The lowest BCUT2D eigenvalue weighted by Gasteiger charge is -2.37. The molecule has 2 aliphatic heterocycles. The monoisotopic (exact) mass is 423 g/mol. The van der Waals surface area contributed by atoms with Crippen molar-refractivity contribution in [3.05, 3.63) is 46.8 Å². The van der Waals surface area contributed by atoms with Crippen LogP contribution in [0.15, 0.2) is 24.4 Å². The van der Waals surface area contributed by atoms with Crippen LogP contribution in [-0.4, -0.2) is 50.6 Å². The maximum atomic E-state index is 12.3. The predicted molar refractivity (Wildman–Crippen MR) is 121 cm³/mol. The number of hydrogen-bond donors (Lipinski definition) is 1. The highest BCUT2D eigenvalue weighted by molar-refractivity contribution is 5.68. The van der Waals surface area contributed by atoms with Gasteiger partial charge in [0.15, 0.2) is 0 Å². The molecule has 1 fully saturated rings. The fraction of sp³-hybridized carbons (Fsp3) is 0.542. The van der Waals surface area contributed by atoms with Crippen LogP contribution >= 0.6 is 0 Å². The summed E-state index contributed by atoms with van der Waals surface area (Å²) in [5.74, 6) is 0.644. The fourth-order valence-corrected chi connectivity index (χ4v) is 4.41. The summed E-state index contributed by atoms with van der Waals surface area (Å²) in [4.78, 5) is 25.9. The van der Waals surface area contributed by atoms with E-state index < -0.39 is 5.60 Å². The van der Waals surface area contributed by atoms with Gasteiger partial charge in [0, 0.05) is 49.7 Å². The number of carbonyl (C=O) groups excluding carboxylic acids is 1. The third-order valence-corrected chi connectivity index (χ3v) is 5.79. The first-order valence-corrected chi connectivity index (χ1v) is 11.1. The van der Waals surface area contributed by atoms with E-state index in [2.05, 4.69) is 47.2 Å². The molecule has 0 radical (unpaired) electrons. The molecule has 4 rings (SSSR count). The Kier molecular flexibility index (Phi) is 5.88. The molecule has 1 amide bonds. The molecule has 7 heteroatoms. The minimum absolute atomic E-state index is 0.205. The Bertz CT molecular complexity index is 941. The fourth-order valence-electron chi connectivity index (χ4n) is 4.41. The summed E-state index contributed by atoms with van der Waals surface area (Å²) >= 11 is 0. The van der Waals surface area contributed by atoms with Gasteiger partial charge in [0.25, 0.3) is 0 Å². The van der Waals surface area contributed by atoms with Crippen molar-refractivity contribution in [1.29, 1.82) is 0 Å². The molecule has 0 unspecified atom stereocenters. The number of likely N-dealkylation sites (tertiary alicyclic amines) is 1. The van der Waals surface area contributed by atoms with Crippen LogP contribution in [0.2, 0.25) is 0 Å². The summed E-state index contributed by atoms with van der Waals surface area (Å²) < 4.78 is 5.51. The Morgan fingerprint density at radius 3 is 2.42 bits per heavy atom. The van der Waals surface area contributed by atoms with Gasteiger partial charge in [-0.1, -0.05) is 6.07 Å². The number of nitrogens with one attached hydrogen (secondary N) is 1. The number of fused-ring (bicyclic) bond motifs is 1. The third-order valence-electron chi connectivity index (χ3n) is 5.79. The zero-order chi connectivity index (χ0) is 22.2. The lowest BCUT2D eigenvalue weighted by Crippen LogP contribution is -2.46. The summed E-state index contributed by atoms with van der Waals surface area (Å²) in [5, 5.41) is 3.35. The maximum Gasteiger partial charge on any atom is 0.410 e. The second kappa shape index (κ2) is 8.46. The summed E-state index contributed by atoms with van der Waals surface area (Å²) in [6.07, 6.45) is 3.65. The number of amides is 1. The number of benzene rings is 1. The number of aryl methyl sites for hydroxylation is 2. The van der Waals surface area contributed by atoms with Crippen molar-refractivity contribution in [3.8, 4) is 0 Å². The van der Waals surface area contributed by atoms with Gasteiger partial charge >= 0.3 is 6.09 Å². The molecule has 0 aliphatic carbocycles. The Morgan fingerprint density at radius 2 is 1.77 bits per heavy atom. The van der Waals surface area contributed by atoms with E-state index >= 15 is 0 Å². The summed E-state index contributed by atoms with van der Waals surface area (Å²) in [5.41, 5.74) is 5.28. The molecule has 31 heavy (non-hydrogen) atoms. The molecule has 0 spiro atoms. The highest BCUT2D eigenvalue weighted by atomic mass is 16.6. The molecule has 1 N–H and O–H groups in total. The lowest BCUT2D eigenvalue weighted by molar-refractivity contribution is 0.0139. The Hall–Kier alpha value is -2.67.